The van der Waals surface area contributed by atoms with Gasteiger partial charge in [0.05, 0.1) is 29.4 Å². The second kappa shape index (κ2) is 12.7. The molecule has 1 atom stereocenters. The van der Waals surface area contributed by atoms with Gasteiger partial charge in [0.1, 0.15) is 19.8 Å². The fourth-order valence-corrected chi connectivity index (χ4v) is 11.7. The molecule has 2 heterocycles. The molecule has 0 radical (unpaired) electrons. The number of imide groups is 1. The van der Waals surface area contributed by atoms with Gasteiger partial charge in [-0.15, -0.1) is 16.6 Å². The summed E-state index contributed by atoms with van der Waals surface area (Å²) in [4.78, 5) is 42.2. The van der Waals surface area contributed by atoms with Gasteiger partial charge in [0, 0.05) is 6.42 Å². The Morgan fingerprint density at radius 1 is 0.884 bits per heavy atom. The van der Waals surface area contributed by atoms with Crippen molar-refractivity contribution < 1.29 is 14.4 Å². The molecule has 0 fully saturated rings. The zero-order valence-electron chi connectivity index (χ0n) is 26.5. The Bertz CT molecular complexity index is 1490. The van der Waals surface area contributed by atoms with Crippen LogP contribution in [0.25, 0.3) is 0 Å². The van der Waals surface area contributed by atoms with Crippen molar-refractivity contribution in [1.82, 2.24) is 25.2 Å². The van der Waals surface area contributed by atoms with E-state index in [1.54, 1.807) is 35.1 Å². The molecule has 3 amide bonds. The van der Waals surface area contributed by atoms with Gasteiger partial charge in [-0.25, -0.2) is 4.68 Å². The maximum atomic E-state index is 14.0. The molecule has 0 saturated heterocycles. The molecule has 9 heteroatoms. The van der Waals surface area contributed by atoms with E-state index in [0.29, 0.717) is 40.0 Å². The first kappa shape index (κ1) is 31.9. The first-order chi connectivity index (χ1) is 20.3. The zero-order valence-corrected chi connectivity index (χ0v) is 27.5. The van der Waals surface area contributed by atoms with E-state index in [-0.39, 0.29) is 6.42 Å². The summed E-state index contributed by atoms with van der Waals surface area (Å²) in [6.45, 7) is 17.6. The molecule has 0 saturated carbocycles. The minimum atomic E-state index is -2.10. The second-order valence-electron chi connectivity index (χ2n) is 12.8. The maximum absolute atomic E-state index is 14.0. The lowest BCUT2D eigenvalue weighted by molar-refractivity contribution is -0.126. The molecule has 0 bridgehead atoms. The third-order valence-electron chi connectivity index (χ3n) is 8.71. The van der Waals surface area contributed by atoms with Crippen LogP contribution >= 0.6 is 0 Å². The zero-order chi connectivity index (χ0) is 31.5. The third kappa shape index (κ3) is 6.35. The van der Waals surface area contributed by atoms with Crippen molar-refractivity contribution in [3.8, 4) is 11.5 Å². The molecule has 226 valence electrons. The highest BCUT2D eigenvalue weighted by atomic mass is 28.3. The minimum absolute atomic E-state index is 0.0506. The van der Waals surface area contributed by atoms with Crippen molar-refractivity contribution in [3.63, 3.8) is 0 Å². The number of aromatic nitrogens is 3. The monoisotopic (exact) mass is 597 g/mol. The highest BCUT2D eigenvalue weighted by molar-refractivity contribution is 6.90. The quantitative estimate of drug-likeness (QED) is 0.177. The summed E-state index contributed by atoms with van der Waals surface area (Å²) >= 11 is 0. The number of carbonyl (C=O) groups is 3. The van der Waals surface area contributed by atoms with E-state index >= 15 is 0 Å². The molecule has 8 nitrogen and oxygen atoms in total. The number of fused-ring (bicyclic) bond motifs is 1. The second-order valence-corrected chi connectivity index (χ2v) is 18.4. The number of amides is 3. The average molecular weight is 598 g/mol. The number of nitrogens with one attached hydrogen (secondary N) is 1. The van der Waals surface area contributed by atoms with Crippen molar-refractivity contribution in [2.75, 3.05) is 0 Å². The van der Waals surface area contributed by atoms with Crippen LogP contribution in [-0.4, -0.2) is 51.7 Å². The van der Waals surface area contributed by atoms with Crippen molar-refractivity contribution in [1.29, 1.82) is 0 Å². The Balaban J connectivity index is 1.65. The maximum Gasteiger partial charge on any atom is 0.262 e. The highest BCUT2D eigenvalue weighted by Crippen LogP contribution is 2.40. The molecule has 0 spiro atoms. The molecule has 1 aliphatic rings. The fraction of sp³-hybridized carbons (Fsp3) is 0.441. The van der Waals surface area contributed by atoms with Gasteiger partial charge in [-0.05, 0) is 48.2 Å². The summed E-state index contributed by atoms with van der Waals surface area (Å²) in [5.41, 5.74) is 6.18. The highest BCUT2D eigenvalue weighted by Gasteiger charge is 2.45. The van der Waals surface area contributed by atoms with Gasteiger partial charge in [-0.3, -0.25) is 19.3 Å². The Morgan fingerprint density at radius 3 is 1.95 bits per heavy atom. The molecule has 4 rings (SSSR count). The topological polar surface area (TPSA) is 97.2 Å². The lowest BCUT2D eigenvalue weighted by Gasteiger charge is -2.38. The van der Waals surface area contributed by atoms with Gasteiger partial charge in [0.2, 0.25) is 5.91 Å². The standard InChI is InChI=1S/C34H43N5O3Si/c1-23(2)43(24(3)4,25(5)6)20-14-19-29(39-32(41)27-17-12-13-18-28(27)33(39)42)31(40)35-34(7,8)30-22-38(37-36-30)21-26-15-10-9-11-16-26/h9-13,15-18,22-25,29H,19,21H2,1-8H3,(H,35,40)/t29-/m0/s1. The van der Waals surface area contributed by atoms with E-state index in [0.717, 1.165) is 10.5 Å². The SMILES string of the molecule is CC(C)[Si](C#CC[C@@H](C(=O)NC(C)(C)c1cn(Cc2ccccc2)nn1)N1C(=O)c2ccccc2C1=O)(C(C)C)C(C)C. The first-order valence-corrected chi connectivity index (χ1v) is 17.3. The summed E-state index contributed by atoms with van der Waals surface area (Å²) in [6.07, 6.45) is 1.85. The van der Waals surface area contributed by atoms with Crippen LogP contribution in [0.15, 0.2) is 60.8 Å². The van der Waals surface area contributed by atoms with Gasteiger partial charge in [0.25, 0.3) is 11.8 Å². The predicted molar refractivity (Wildman–Crippen MR) is 171 cm³/mol. The average Bonchev–Trinajstić information content (AvgIpc) is 3.52. The van der Waals surface area contributed by atoms with Crippen LogP contribution < -0.4 is 5.32 Å². The summed E-state index contributed by atoms with van der Waals surface area (Å²) < 4.78 is 1.72. The molecule has 2 aromatic carbocycles. The molecule has 0 aliphatic carbocycles. The Hall–Kier alpha value is -4.03. The fourth-order valence-electron chi connectivity index (χ4n) is 6.41. The smallest absolute Gasteiger partial charge is 0.262 e. The van der Waals surface area contributed by atoms with E-state index in [4.69, 9.17) is 0 Å². The Labute approximate surface area is 256 Å². The molecule has 1 aromatic heterocycles. The summed E-state index contributed by atoms with van der Waals surface area (Å²) in [5.74, 6) is 1.91. The number of carbonyl (C=O) groups excluding carboxylic acids is 3. The van der Waals surface area contributed by atoms with E-state index in [9.17, 15) is 14.4 Å². The molecule has 3 aromatic rings. The van der Waals surface area contributed by atoms with Crippen LogP contribution in [0.4, 0.5) is 0 Å². The summed E-state index contributed by atoms with van der Waals surface area (Å²) in [7, 11) is -2.10. The summed E-state index contributed by atoms with van der Waals surface area (Å²) in [6, 6.07) is 15.5. The van der Waals surface area contributed by atoms with E-state index in [1.165, 1.54) is 0 Å². The van der Waals surface area contributed by atoms with E-state index in [1.807, 2.05) is 44.2 Å². The van der Waals surface area contributed by atoms with E-state index < -0.39 is 37.4 Å². The number of benzene rings is 2. The lowest BCUT2D eigenvalue weighted by atomic mass is 10.00. The van der Waals surface area contributed by atoms with Crippen LogP contribution in [-0.2, 0) is 16.9 Å². The normalized spacial score (nSPS) is 14.3. The van der Waals surface area contributed by atoms with Gasteiger partial charge in [0.15, 0.2) is 0 Å². The minimum Gasteiger partial charge on any atom is -0.344 e. The van der Waals surface area contributed by atoms with Crippen LogP contribution in [0, 0.1) is 11.5 Å². The van der Waals surface area contributed by atoms with Crippen molar-refractivity contribution in [2.45, 2.75) is 96.6 Å². The molecular weight excluding hydrogens is 554 g/mol. The Morgan fingerprint density at radius 2 is 1.42 bits per heavy atom. The van der Waals surface area contributed by atoms with Crippen molar-refractivity contribution >= 4 is 25.8 Å². The van der Waals surface area contributed by atoms with Crippen LogP contribution in [0.1, 0.15) is 93.8 Å². The molecule has 1 aliphatic heterocycles. The molecule has 43 heavy (non-hydrogen) atoms. The predicted octanol–water partition coefficient (Wildman–Crippen LogP) is 5.95. The third-order valence-corrected chi connectivity index (χ3v) is 15.1. The van der Waals surface area contributed by atoms with Crippen molar-refractivity contribution in [3.05, 3.63) is 83.2 Å². The largest absolute Gasteiger partial charge is 0.344 e. The first-order valence-electron chi connectivity index (χ1n) is 15.0. The Kier molecular flexibility index (Phi) is 9.40. The van der Waals surface area contributed by atoms with Gasteiger partial charge in [-0.2, -0.15) is 0 Å². The van der Waals surface area contributed by atoms with Crippen LogP contribution in [0.5, 0.6) is 0 Å². The number of hydrogen-bond donors (Lipinski definition) is 1. The van der Waals surface area contributed by atoms with Crippen molar-refractivity contribution in [2.24, 2.45) is 0 Å². The van der Waals surface area contributed by atoms with Gasteiger partial charge in [-0.1, -0.05) is 89.2 Å². The molecular formula is C34H43N5O3Si. The number of hydrogen-bond acceptors (Lipinski definition) is 5. The van der Waals surface area contributed by atoms with Gasteiger partial charge < -0.3 is 5.32 Å². The summed E-state index contributed by atoms with van der Waals surface area (Å²) in [5, 5.41) is 11.7. The van der Waals surface area contributed by atoms with Gasteiger partial charge >= 0.3 is 0 Å². The number of rotatable bonds is 10. The number of nitrogens with zero attached hydrogens (tertiary/aromatic N) is 4. The van der Waals surface area contributed by atoms with Crippen LogP contribution in [0.3, 0.4) is 0 Å². The molecule has 0 unspecified atom stereocenters. The van der Waals surface area contributed by atoms with Crippen LogP contribution in [0.2, 0.25) is 16.6 Å². The lowest BCUT2D eigenvalue weighted by Crippen LogP contribution is -2.53. The molecule has 1 N–H and O–H groups in total. The van der Waals surface area contributed by atoms with E-state index in [2.05, 4.69) is 68.6 Å².